The monoisotopic (exact) mass is 270 g/mol. The number of carbonyl (C=O) groups is 1. The van der Waals surface area contributed by atoms with Gasteiger partial charge in [0.2, 0.25) is 5.91 Å². The average molecular weight is 270 g/mol. The van der Waals surface area contributed by atoms with Crippen molar-refractivity contribution in [1.29, 1.82) is 0 Å². The third-order valence-corrected chi connectivity index (χ3v) is 4.01. The third-order valence-electron chi connectivity index (χ3n) is 4.01. The van der Waals surface area contributed by atoms with Crippen molar-refractivity contribution < 1.29 is 9.53 Å². The van der Waals surface area contributed by atoms with Crippen molar-refractivity contribution in [2.24, 2.45) is 5.41 Å². The van der Waals surface area contributed by atoms with Gasteiger partial charge in [0.05, 0.1) is 6.54 Å². The number of nitrogens with zero attached hydrogens (tertiary/aromatic N) is 1. The molecule has 4 heteroatoms. The molecule has 0 aromatic heterocycles. The molecule has 0 unspecified atom stereocenters. The van der Waals surface area contributed by atoms with Gasteiger partial charge < -0.3 is 10.1 Å². The van der Waals surface area contributed by atoms with Gasteiger partial charge in [0.1, 0.15) is 0 Å². The van der Waals surface area contributed by atoms with Gasteiger partial charge in [-0.2, -0.15) is 0 Å². The largest absolute Gasteiger partial charge is 0.385 e. The number of carbonyl (C=O) groups excluding carboxylic acids is 1. The number of rotatable bonds is 7. The smallest absolute Gasteiger partial charge is 0.234 e. The van der Waals surface area contributed by atoms with Crippen molar-refractivity contribution in [1.82, 2.24) is 10.2 Å². The number of nitrogens with one attached hydrogen (secondary N) is 1. The first-order chi connectivity index (χ1) is 8.95. The topological polar surface area (TPSA) is 41.6 Å². The molecule has 4 nitrogen and oxygen atoms in total. The minimum absolute atomic E-state index is 0.151. The zero-order valence-corrected chi connectivity index (χ0v) is 13.0. The first-order valence-corrected chi connectivity index (χ1v) is 7.46. The Kier molecular flexibility index (Phi) is 6.80. The summed E-state index contributed by atoms with van der Waals surface area (Å²) >= 11 is 0. The molecule has 0 spiro atoms. The SMILES string of the molecule is COCCCC1(C)CCN(CC(=O)NC(C)C)CC1. The number of likely N-dealkylation sites (tertiary alicyclic amines) is 1. The summed E-state index contributed by atoms with van der Waals surface area (Å²) in [6, 6.07) is 0.233. The maximum absolute atomic E-state index is 11.7. The average Bonchev–Trinajstić information content (AvgIpc) is 2.32. The van der Waals surface area contributed by atoms with Crippen molar-refractivity contribution in [3.05, 3.63) is 0 Å². The van der Waals surface area contributed by atoms with Crippen LogP contribution in [0.5, 0.6) is 0 Å². The summed E-state index contributed by atoms with van der Waals surface area (Å²) in [4.78, 5) is 14.0. The van der Waals surface area contributed by atoms with Crippen LogP contribution in [0.15, 0.2) is 0 Å². The fourth-order valence-electron chi connectivity index (χ4n) is 2.71. The van der Waals surface area contributed by atoms with Crippen LogP contribution in [0.1, 0.15) is 46.5 Å². The Labute approximate surface area is 117 Å². The molecular formula is C15H30N2O2. The number of piperidine rings is 1. The van der Waals surface area contributed by atoms with Gasteiger partial charge in [-0.05, 0) is 58.0 Å². The highest BCUT2D eigenvalue weighted by atomic mass is 16.5. The first kappa shape index (κ1) is 16.4. The number of ether oxygens (including phenoxy) is 1. The second kappa shape index (κ2) is 7.85. The van der Waals surface area contributed by atoms with Crippen molar-refractivity contribution in [3.63, 3.8) is 0 Å². The second-order valence-electron chi connectivity index (χ2n) is 6.41. The van der Waals surface area contributed by atoms with Crippen LogP contribution in [-0.4, -0.2) is 50.2 Å². The van der Waals surface area contributed by atoms with Gasteiger partial charge in [0.25, 0.3) is 0 Å². The van der Waals surface area contributed by atoms with Crippen LogP contribution >= 0.6 is 0 Å². The molecule has 1 heterocycles. The van der Waals surface area contributed by atoms with Crippen LogP contribution in [0.2, 0.25) is 0 Å². The van der Waals surface area contributed by atoms with E-state index in [0.717, 1.165) is 26.1 Å². The zero-order chi connectivity index (χ0) is 14.3. The van der Waals surface area contributed by atoms with Crippen molar-refractivity contribution in [3.8, 4) is 0 Å². The lowest BCUT2D eigenvalue weighted by Gasteiger charge is -2.39. The van der Waals surface area contributed by atoms with Crippen LogP contribution in [0, 0.1) is 5.41 Å². The molecular weight excluding hydrogens is 240 g/mol. The van der Waals surface area contributed by atoms with Gasteiger partial charge in [-0.25, -0.2) is 0 Å². The van der Waals surface area contributed by atoms with Gasteiger partial charge in [-0.3, -0.25) is 9.69 Å². The number of methoxy groups -OCH3 is 1. The fraction of sp³-hybridized carbons (Fsp3) is 0.933. The summed E-state index contributed by atoms with van der Waals surface area (Å²) in [6.45, 7) is 9.85. The highest BCUT2D eigenvalue weighted by Crippen LogP contribution is 2.35. The molecule has 1 rings (SSSR count). The van der Waals surface area contributed by atoms with E-state index in [-0.39, 0.29) is 11.9 Å². The third kappa shape index (κ3) is 6.39. The Balaban J connectivity index is 2.26. The molecule has 1 saturated heterocycles. The maximum atomic E-state index is 11.7. The normalized spacial score (nSPS) is 19.6. The van der Waals surface area contributed by atoms with Crippen molar-refractivity contribution >= 4 is 5.91 Å². The lowest BCUT2D eigenvalue weighted by molar-refractivity contribution is -0.123. The van der Waals surface area contributed by atoms with Gasteiger partial charge in [-0.15, -0.1) is 0 Å². The van der Waals surface area contributed by atoms with E-state index >= 15 is 0 Å². The Morgan fingerprint density at radius 2 is 2.00 bits per heavy atom. The predicted molar refractivity (Wildman–Crippen MR) is 78.2 cm³/mol. The summed E-state index contributed by atoms with van der Waals surface area (Å²) in [5, 5.41) is 2.96. The number of hydrogen-bond donors (Lipinski definition) is 1. The van der Waals surface area contributed by atoms with E-state index in [9.17, 15) is 4.79 Å². The highest BCUT2D eigenvalue weighted by Gasteiger charge is 2.30. The molecule has 1 aliphatic heterocycles. The second-order valence-corrected chi connectivity index (χ2v) is 6.41. The Bertz CT molecular complexity index is 271. The summed E-state index contributed by atoms with van der Waals surface area (Å²) in [5.41, 5.74) is 0.434. The van der Waals surface area contributed by atoms with E-state index in [1.165, 1.54) is 19.3 Å². The van der Waals surface area contributed by atoms with Crippen LogP contribution < -0.4 is 5.32 Å². The minimum Gasteiger partial charge on any atom is -0.385 e. The van der Waals surface area contributed by atoms with E-state index in [4.69, 9.17) is 4.74 Å². The number of hydrogen-bond acceptors (Lipinski definition) is 3. The molecule has 1 fully saturated rings. The molecule has 0 saturated carbocycles. The molecule has 1 amide bonds. The van der Waals surface area contributed by atoms with Crippen LogP contribution in [0.25, 0.3) is 0 Å². The first-order valence-electron chi connectivity index (χ1n) is 7.46. The molecule has 1 aliphatic rings. The van der Waals surface area contributed by atoms with Crippen LogP contribution in [0.3, 0.4) is 0 Å². The van der Waals surface area contributed by atoms with Gasteiger partial charge in [-0.1, -0.05) is 6.92 Å². The van der Waals surface area contributed by atoms with E-state index in [0.29, 0.717) is 12.0 Å². The van der Waals surface area contributed by atoms with Gasteiger partial charge >= 0.3 is 0 Å². The van der Waals surface area contributed by atoms with Gasteiger partial charge in [0.15, 0.2) is 0 Å². The van der Waals surface area contributed by atoms with E-state index in [1.807, 2.05) is 13.8 Å². The standard InChI is InChI=1S/C15H30N2O2/c1-13(2)16-14(18)12-17-9-7-15(3,8-10-17)6-5-11-19-4/h13H,5-12H2,1-4H3,(H,16,18). The van der Waals surface area contributed by atoms with Crippen LogP contribution in [0.4, 0.5) is 0 Å². The summed E-state index contributed by atoms with van der Waals surface area (Å²) in [5.74, 6) is 0.151. The Morgan fingerprint density at radius 3 is 2.53 bits per heavy atom. The molecule has 0 aliphatic carbocycles. The van der Waals surface area contributed by atoms with E-state index in [2.05, 4.69) is 17.1 Å². The quantitative estimate of drug-likeness (QED) is 0.720. The predicted octanol–water partition coefficient (Wildman–Crippen LogP) is 2.04. The van der Waals surface area contributed by atoms with Crippen molar-refractivity contribution in [2.45, 2.75) is 52.5 Å². The highest BCUT2D eigenvalue weighted by molar-refractivity contribution is 5.78. The Morgan fingerprint density at radius 1 is 1.37 bits per heavy atom. The molecule has 1 N–H and O–H groups in total. The molecule has 0 bridgehead atoms. The number of amides is 1. The molecule has 19 heavy (non-hydrogen) atoms. The Hall–Kier alpha value is -0.610. The molecule has 112 valence electrons. The van der Waals surface area contributed by atoms with Crippen molar-refractivity contribution in [2.75, 3.05) is 33.4 Å². The fourth-order valence-corrected chi connectivity index (χ4v) is 2.71. The summed E-state index contributed by atoms with van der Waals surface area (Å²) < 4.78 is 5.13. The molecule has 0 radical (unpaired) electrons. The van der Waals surface area contributed by atoms with Crippen LogP contribution in [-0.2, 0) is 9.53 Å². The summed E-state index contributed by atoms with van der Waals surface area (Å²) in [6.07, 6.45) is 4.74. The minimum atomic E-state index is 0.151. The van der Waals surface area contributed by atoms with Gasteiger partial charge in [0, 0.05) is 19.8 Å². The van der Waals surface area contributed by atoms with E-state index in [1.54, 1.807) is 7.11 Å². The molecule has 0 aromatic carbocycles. The zero-order valence-electron chi connectivity index (χ0n) is 13.0. The molecule has 0 atom stereocenters. The lowest BCUT2D eigenvalue weighted by Crippen LogP contribution is -2.45. The summed E-state index contributed by atoms with van der Waals surface area (Å²) in [7, 11) is 1.76. The lowest BCUT2D eigenvalue weighted by atomic mass is 9.77. The van der Waals surface area contributed by atoms with E-state index < -0.39 is 0 Å². The molecule has 0 aromatic rings. The maximum Gasteiger partial charge on any atom is 0.234 e.